The number of carbonyl (C=O) groups excluding carboxylic acids is 4. The fourth-order valence-corrected chi connectivity index (χ4v) is 15.1. The number of unbranched alkanes of at least 4 members (excludes halogenated alkanes) is 55. The highest BCUT2D eigenvalue weighted by atomic mass is 31.2. The Labute approximate surface area is 651 Å². The Hall–Kier alpha value is -1.94. The van der Waals surface area contributed by atoms with E-state index in [2.05, 4.69) is 41.5 Å². The molecule has 0 bridgehead atoms. The maximum atomic E-state index is 13.2. The van der Waals surface area contributed by atoms with Gasteiger partial charge < -0.3 is 33.8 Å². The summed E-state index contributed by atoms with van der Waals surface area (Å²) in [5.41, 5.74) is 0. The monoisotopic (exact) mass is 1550 g/mol. The highest BCUT2D eigenvalue weighted by Gasteiger charge is 2.30. The van der Waals surface area contributed by atoms with Gasteiger partial charge in [-0.1, -0.05) is 414 Å². The van der Waals surface area contributed by atoms with E-state index in [4.69, 9.17) is 37.0 Å². The van der Waals surface area contributed by atoms with Crippen molar-refractivity contribution >= 4 is 39.5 Å². The van der Waals surface area contributed by atoms with Crippen molar-refractivity contribution in [3.8, 4) is 0 Å². The van der Waals surface area contributed by atoms with Crippen molar-refractivity contribution in [3.05, 3.63) is 0 Å². The maximum Gasteiger partial charge on any atom is 0.472 e. The first-order chi connectivity index (χ1) is 51.4. The van der Waals surface area contributed by atoms with Gasteiger partial charge in [-0.3, -0.25) is 37.3 Å². The van der Waals surface area contributed by atoms with Crippen LogP contribution in [0.4, 0.5) is 0 Å². The number of phosphoric ester groups is 2. The fraction of sp³-hybridized carbons (Fsp3) is 0.954. The van der Waals surface area contributed by atoms with Crippen LogP contribution in [0.1, 0.15) is 465 Å². The van der Waals surface area contributed by atoms with Crippen molar-refractivity contribution in [1.82, 2.24) is 0 Å². The molecule has 0 amide bonds. The summed E-state index contributed by atoms with van der Waals surface area (Å²) in [6, 6.07) is 0. The fourth-order valence-electron chi connectivity index (χ4n) is 13.6. The van der Waals surface area contributed by atoms with E-state index in [1.54, 1.807) is 0 Å². The molecule has 3 unspecified atom stereocenters. The zero-order valence-corrected chi connectivity index (χ0v) is 71.5. The molecule has 0 aliphatic rings. The minimum Gasteiger partial charge on any atom is -0.462 e. The second kappa shape index (κ2) is 78.3. The molecule has 0 aliphatic carbocycles. The first kappa shape index (κ1) is 104. The molecule has 0 saturated heterocycles. The molecular formula is C87H170O17P2. The zero-order chi connectivity index (χ0) is 77.8. The molecule has 0 aromatic rings. The first-order valence-corrected chi connectivity index (χ1v) is 48.0. The van der Waals surface area contributed by atoms with Crippen LogP contribution in [0.15, 0.2) is 0 Å². The molecule has 0 rings (SSSR count). The van der Waals surface area contributed by atoms with Gasteiger partial charge >= 0.3 is 39.5 Å². The average Bonchev–Trinajstić information content (AvgIpc) is 0.903. The molecule has 19 heteroatoms. The number of rotatable bonds is 86. The number of ether oxygens (including phenoxy) is 4. The third-order valence-corrected chi connectivity index (χ3v) is 22.7. The molecule has 106 heavy (non-hydrogen) atoms. The summed E-state index contributed by atoms with van der Waals surface area (Å²) < 4.78 is 68.9. The van der Waals surface area contributed by atoms with Crippen molar-refractivity contribution in [2.24, 2.45) is 11.8 Å². The Morgan fingerprint density at radius 2 is 0.481 bits per heavy atom. The molecule has 6 atom stereocenters. The number of esters is 4. The van der Waals surface area contributed by atoms with Crippen LogP contribution in [0.25, 0.3) is 0 Å². The van der Waals surface area contributed by atoms with Gasteiger partial charge in [0.1, 0.15) is 19.3 Å². The van der Waals surface area contributed by atoms with Crippen LogP contribution in [-0.4, -0.2) is 96.7 Å². The predicted molar refractivity (Wildman–Crippen MR) is 437 cm³/mol. The van der Waals surface area contributed by atoms with Gasteiger partial charge in [0.25, 0.3) is 0 Å². The van der Waals surface area contributed by atoms with E-state index in [1.165, 1.54) is 276 Å². The highest BCUT2D eigenvalue weighted by Crippen LogP contribution is 2.45. The lowest BCUT2D eigenvalue weighted by molar-refractivity contribution is -0.161. The molecule has 0 radical (unpaired) electrons. The van der Waals surface area contributed by atoms with E-state index in [1.807, 2.05) is 0 Å². The van der Waals surface area contributed by atoms with E-state index in [9.17, 15) is 43.2 Å². The second-order valence-electron chi connectivity index (χ2n) is 32.0. The molecule has 17 nitrogen and oxygen atoms in total. The largest absolute Gasteiger partial charge is 0.472 e. The number of hydrogen-bond donors (Lipinski definition) is 3. The Morgan fingerprint density at radius 1 is 0.274 bits per heavy atom. The van der Waals surface area contributed by atoms with Crippen molar-refractivity contribution in [3.63, 3.8) is 0 Å². The van der Waals surface area contributed by atoms with Crippen LogP contribution in [0.3, 0.4) is 0 Å². The summed E-state index contributed by atoms with van der Waals surface area (Å²) >= 11 is 0. The molecule has 0 heterocycles. The van der Waals surface area contributed by atoms with E-state index in [0.29, 0.717) is 31.6 Å². The van der Waals surface area contributed by atoms with Gasteiger partial charge in [-0.25, -0.2) is 9.13 Å². The minimum atomic E-state index is -4.97. The smallest absolute Gasteiger partial charge is 0.462 e. The Balaban J connectivity index is 5.23. The van der Waals surface area contributed by atoms with Crippen molar-refractivity contribution in [2.45, 2.75) is 484 Å². The molecule has 3 N–H and O–H groups in total. The van der Waals surface area contributed by atoms with E-state index in [0.717, 1.165) is 102 Å². The number of carbonyl (C=O) groups is 4. The topological polar surface area (TPSA) is 237 Å². The molecule has 0 saturated carbocycles. The highest BCUT2D eigenvalue weighted by molar-refractivity contribution is 7.47. The Kier molecular flexibility index (Phi) is 76.9. The SMILES string of the molecule is CCCCCCCCCCCCCCCCCCCCCC(=O)OC[C@H](COP(=O)(O)OC[C@@H](O)COP(=O)(O)OC[C@@H](COC(=O)CCCCCCCCCC(C)C)OC(=O)CCCCCCCCCCCCCCCCC(C)CC)OC(=O)CCCCCCCCCCCCCCCCCCCCC. The number of aliphatic hydroxyl groups is 1. The third kappa shape index (κ3) is 78.7. The summed E-state index contributed by atoms with van der Waals surface area (Å²) in [5.74, 6) is -0.551. The zero-order valence-electron chi connectivity index (χ0n) is 69.7. The summed E-state index contributed by atoms with van der Waals surface area (Å²) in [7, 11) is -9.93. The average molecular weight is 1550 g/mol. The van der Waals surface area contributed by atoms with E-state index >= 15 is 0 Å². The van der Waals surface area contributed by atoms with Crippen LogP contribution in [-0.2, 0) is 65.4 Å². The molecular weight excluding hydrogens is 1380 g/mol. The predicted octanol–water partition coefficient (Wildman–Crippen LogP) is 26.6. The summed E-state index contributed by atoms with van der Waals surface area (Å²) in [5, 5.41) is 10.7. The number of hydrogen-bond acceptors (Lipinski definition) is 15. The van der Waals surface area contributed by atoms with Crippen LogP contribution in [0.5, 0.6) is 0 Å². The van der Waals surface area contributed by atoms with Gasteiger partial charge in [-0.05, 0) is 37.5 Å². The van der Waals surface area contributed by atoms with Gasteiger partial charge in [0.15, 0.2) is 12.2 Å². The number of phosphoric acid groups is 2. The van der Waals surface area contributed by atoms with Gasteiger partial charge in [-0.2, -0.15) is 0 Å². The quantitative estimate of drug-likeness (QED) is 0.0222. The van der Waals surface area contributed by atoms with Crippen LogP contribution < -0.4 is 0 Å². The summed E-state index contributed by atoms with van der Waals surface area (Å²) in [6.45, 7) is 9.68. The normalized spacial score (nSPS) is 14.1. The second-order valence-corrected chi connectivity index (χ2v) is 34.9. The molecule has 0 aromatic heterocycles. The van der Waals surface area contributed by atoms with Crippen LogP contribution >= 0.6 is 15.6 Å². The van der Waals surface area contributed by atoms with Gasteiger partial charge in [-0.15, -0.1) is 0 Å². The number of aliphatic hydroxyl groups excluding tert-OH is 1. The summed E-state index contributed by atoms with van der Waals surface area (Å²) in [4.78, 5) is 73.3. The first-order valence-electron chi connectivity index (χ1n) is 45.0. The van der Waals surface area contributed by atoms with Gasteiger partial charge in [0, 0.05) is 25.7 Å². The van der Waals surface area contributed by atoms with Gasteiger partial charge in [0.2, 0.25) is 0 Å². The van der Waals surface area contributed by atoms with Crippen LogP contribution in [0.2, 0.25) is 0 Å². The molecule has 0 spiro atoms. The third-order valence-electron chi connectivity index (χ3n) is 20.8. The minimum absolute atomic E-state index is 0.107. The summed E-state index contributed by atoms with van der Waals surface area (Å²) in [6.07, 6.45) is 70.9. The van der Waals surface area contributed by atoms with E-state index < -0.39 is 97.5 Å². The van der Waals surface area contributed by atoms with Crippen molar-refractivity contribution in [2.75, 3.05) is 39.6 Å². The Bertz CT molecular complexity index is 2030. The Morgan fingerprint density at radius 3 is 0.717 bits per heavy atom. The lowest BCUT2D eigenvalue weighted by Crippen LogP contribution is -2.30. The molecule has 630 valence electrons. The lowest BCUT2D eigenvalue weighted by atomic mass is 9.99. The van der Waals surface area contributed by atoms with Gasteiger partial charge in [0.05, 0.1) is 26.4 Å². The van der Waals surface area contributed by atoms with Crippen LogP contribution in [0, 0.1) is 11.8 Å². The maximum absolute atomic E-state index is 13.2. The molecule has 0 aromatic carbocycles. The standard InChI is InChI=1S/C87H170O17P2/c1-7-10-12-14-16-18-20-22-24-26-28-30-32-37-41-45-51-57-63-69-84(89)97-75-82(103-86(91)71-65-59-52-46-42-38-33-31-29-27-25-23-21-19-17-15-13-11-8-2)77-101-105(93,94)99-73-81(88)74-100-106(95,96)102-78-83(76-98-85(90)70-64-58-54-48-49-55-61-67-79(4)5)104-87(92)72-66-60-53-47-43-39-35-34-36-40-44-50-56-62-68-80(6)9-3/h79-83,88H,7-78H2,1-6H3,(H,93,94)(H,95,96)/t80?,81-,82-,83-/m1/s1. The molecule has 0 fully saturated rings. The molecule has 0 aliphatic heterocycles. The van der Waals surface area contributed by atoms with E-state index in [-0.39, 0.29) is 25.7 Å². The van der Waals surface area contributed by atoms with Crippen molar-refractivity contribution < 1.29 is 80.2 Å². The lowest BCUT2D eigenvalue weighted by Gasteiger charge is -2.21. The van der Waals surface area contributed by atoms with Crippen molar-refractivity contribution in [1.29, 1.82) is 0 Å².